The van der Waals surface area contributed by atoms with Crippen molar-refractivity contribution in [2.75, 3.05) is 5.73 Å². The van der Waals surface area contributed by atoms with Gasteiger partial charge >= 0.3 is 6.18 Å². The molecule has 0 saturated heterocycles. The lowest BCUT2D eigenvalue weighted by Crippen LogP contribution is -2.08. The van der Waals surface area contributed by atoms with Gasteiger partial charge in [0.05, 0.1) is 23.4 Å². The number of hydrogen-bond donors (Lipinski definition) is 1. The Morgan fingerprint density at radius 1 is 1.30 bits per heavy atom. The van der Waals surface area contributed by atoms with Crippen LogP contribution in [0.2, 0.25) is 0 Å². The Labute approximate surface area is 111 Å². The molecule has 0 fully saturated rings. The molecule has 0 aliphatic heterocycles. The van der Waals surface area contributed by atoms with Gasteiger partial charge in [0.2, 0.25) is 5.88 Å². The van der Waals surface area contributed by atoms with Gasteiger partial charge in [-0.25, -0.2) is 4.98 Å². The topological polar surface area (TPSA) is 84.8 Å². The highest BCUT2D eigenvalue weighted by Gasteiger charge is 2.35. The summed E-state index contributed by atoms with van der Waals surface area (Å²) in [6.45, 7) is 0. The van der Waals surface area contributed by atoms with Gasteiger partial charge in [-0.3, -0.25) is 0 Å². The molecule has 20 heavy (non-hydrogen) atoms. The second-order valence-corrected chi connectivity index (χ2v) is 3.71. The van der Waals surface area contributed by atoms with Crippen molar-refractivity contribution >= 4 is 5.69 Å². The van der Waals surface area contributed by atoms with Crippen LogP contribution in [0.3, 0.4) is 0 Å². The molecule has 0 unspecified atom stereocenters. The molecule has 2 aromatic rings. The molecular weight excluding hydrogens is 273 g/mol. The summed E-state index contributed by atoms with van der Waals surface area (Å²) in [5.41, 5.74) is 4.31. The molecule has 2 rings (SSSR count). The van der Waals surface area contributed by atoms with Gasteiger partial charge in [-0.2, -0.15) is 23.4 Å². The van der Waals surface area contributed by atoms with E-state index in [-0.39, 0.29) is 17.1 Å². The number of rotatable bonds is 2. The molecule has 2 N–H and O–H groups in total. The van der Waals surface area contributed by atoms with Gasteiger partial charge in [-0.05, 0) is 18.2 Å². The molecule has 0 amide bonds. The van der Waals surface area contributed by atoms with Crippen LogP contribution < -0.4 is 10.5 Å². The van der Waals surface area contributed by atoms with Crippen LogP contribution in [-0.4, -0.2) is 9.97 Å². The number of nitrogens with zero attached hydrogens (tertiary/aromatic N) is 3. The van der Waals surface area contributed by atoms with Gasteiger partial charge < -0.3 is 10.5 Å². The molecule has 1 aromatic heterocycles. The first kappa shape index (κ1) is 13.6. The SMILES string of the molecule is N#Cc1ccc(Oc2ncncc2N)c(C(F)(F)F)c1. The number of ether oxygens (including phenoxy) is 1. The fraction of sp³-hybridized carbons (Fsp3) is 0.0833. The summed E-state index contributed by atoms with van der Waals surface area (Å²) >= 11 is 0. The van der Waals surface area contributed by atoms with E-state index in [4.69, 9.17) is 15.7 Å². The average molecular weight is 280 g/mol. The third kappa shape index (κ3) is 2.77. The number of benzene rings is 1. The van der Waals surface area contributed by atoms with Crippen LogP contribution in [-0.2, 0) is 6.18 Å². The zero-order valence-electron chi connectivity index (χ0n) is 9.85. The van der Waals surface area contributed by atoms with E-state index in [1.54, 1.807) is 6.07 Å². The quantitative estimate of drug-likeness (QED) is 0.914. The Balaban J connectivity index is 2.47. The van der Waals surface area contributed by atoms with Crippen molar-refractivity contribution in [3.63, 3.8) is 0 Å². The molecule has 102 valence electrons. The Morgan fingerprint density at radius 2 is 2.05 bits per heavy atom. The molecule has 0 radical (unpaired) electrons. The second-order valence-electron chi connectivity index (χ2n) is 3.71. The number of nitrogen functional groups attached to an aromatic ring is 1. The van der Waals surface area contributed by atoms with Crippen molar-refractivity contribution in [2.24, 2.45) is 0 Å². The summed E-state index contributed by atoms with van der Waals surface area (Å²) in [5, 5.41) is 8.65. The van der Waals surface area contributed by atoms with E-state index in [2.05, 4.69) is 9.97 Å². The zero-order valence-corrected chi connectivity index (χ0v) is 9.85. The normalized spacial score (nSPS) is 10.9. The number of hydrogen-bond acceptors (Lipinski definition) is 5. The smallest absolute Gasteiger partial charge is 0.420 e. The standard InChI is InChI=1S/C12H7F3N4O/c13-12(14,15)8-3-7(4-16)1-2-10(8)20-11-9(17)5-18-6-19-11/h1-3,5-6H,17H2. The second kappa shape index (κ2) is 5.05. The minimum atomic E-state index is -4.66. The maximum Gasteiger partial charge on any atom is 0.420 e. The Morgan fingerprint density at radius 3 is 2.65 bits per heavy atom. The summed E-state index contributed by atoms with van der Waals surface area (Å²) in [7, 11) is 0. The van der Waals surface area contributed by atoms with Gasteiger partial charge in [0, 0.05) is 0 Å². The Hall–Kier alpha value is -2.82. The van der Waals surface area contributed by atoms with Gasteiger partial charge in [-0.15, -0.1) is 0 Å². The van der Waals surface area contributed by atoms with Crippen LogP contribution in [0.5, 0.6) is 11.6 Å². The summed E-state index contributed by atoms with van der Waals surface area (Å²) in [5.74, 6) is -0.669. The molecule has 1 heterocycles. The molecule has 1 aromatic carbocycles. The molecular formula is C12H7F3N4O. The number of nitrogens with two attached hydrogens (primary N) is 1. The number of aromatic nitrogens is 2. The monoisotopic (exact) mass is 280 g/mol. The maximum atomic E-state index is 12.9. The summed E-state index contributed by atoms with van der Waals surface area (Å²) < 4.78 is 43.8. The van der Waals surface area contributed by atoms with Crippen LogP contribution in [0.25, 0.3) is 0 Å². The Bertz CT molecular complexity index is 679. The highest BCUT2D eigenvalue weighted by atomic mass is 19.4. The summed E-state index contributed by atoms with van der Waals surface area (Å²) in [4.78, 5) is 7.25. The first-order valence-electron chi connectivity index (χ1n) is 5.26. The van der Waals surface area contributed by atoms with Gasteiger partial charge in [0.1, 0.15) is 17.8 Å². The zero-order chi connectivity index (χ0) is 14.8. The minimum Gasteiger partial charge on any atom is -0.436 e. The first-order valence-corrected chi connectivity index (χ1v) is 5.26. The fourth-order valence-electron chi connectivity index (χ4n) is 1.43. The van der Waals surface area contributed by atoms with E-state index in [1.165, 1.54) is 12.3 Å². The maximum absolute atomic E-state index is 12.9. The van der Waals surface area contributed by atoms with Crippen molar-refractivity contribution < 1.29 is 17.9 Å². The van der Waals surface area contributed by atoms with E-state index < -0.39 is 17.5 Å². The van der Waals surface area contributed by atoms with Crippen LogP contribution in [0.4, 0.5) is 18.9 Å². The molecule has 0 atom stereocenters. The van der Waals surface area contributed by atoms with Gasteiger partial charge in [0.15, 0.2) is 0 Å². The lowest BCUT2D eigenvalue weighted by molar-refractivity contribution is -0.138. The lowest BCUT2D eigenvalue weighted by atomic mass is 10.1. The lowest BCUT2D eigenvalue weighted by Gasteiger charge is -2.13. The molecule has 0 aliphatic carbocycles. The van der Waals surface area contributed by atoms with Crippen molar-refractivity contribution in [1.82, 2.24) is 9.97 Å². The third-order valence-corrected chi connectivity index (χ3v) is 2.32. The molecule has 0 spiro atoms. The highest BCUT2D eigenvalue weighted by molar-refractivity contribution is 5.50. The molecule has 5 nitrogen and oxygen atoms in total. The van der Waals surface area contributed by atoms with Gasteiger partial charge in [0.25, 0.3) is 0 Å². The van der Waals surface area contributed by atoms with E-state index in [0.717, 1.165) is 12.4 Å². The van der Waals surface area contributed by atoms with Crippen molar-refractivity contribution in [1.29, 1.82) is 5.26 Å². The van der Waals surface area contributed by atoms with E-state index in [1.807, 2.05) is 0 Å². The van der Waals surface area contributed by atoms with Crippen LogP contribution in [0, 0.1) is 11.3 Å². The molecule has 0 saturated carbocycles. The molecule has 0 bridgehead atoms. The molecule has 8 heteroatoms. The third-order valence-electron chi connectivity index (χ3n) is 2.32. The van der Waals surface area contributed by atoms with Crippen molar-refractivity contribution in [3.05, 3.63) is 41.9 Å². The average Bonchev–Trinajstić information content (AvgIpc) is 2.40. The Kier molecular flexibility index (Phi) is 3.43. The predicted molar refractivity (Wildman–Crippen MR) is 62.7 cm³/mol. The number of anilines is 1. The number of alkyl halides is 3. The van der Waals surface area contributed by atoms with Crippen molar-refractivity contribution in [3.8, 4) is 17.7 Å². The minimum absolute atomic E-state index is 0.00462. The largest absolute Gasteiger partial charge is 0.436 e. The van der Waals surface area contributed by atoms with Gasteiger partial charge in [-0.1, -0.05) is 0 Å². The number of nitriles is 1. The van der Waals surface area contributed by atoms with Crippen LogP contribution in [0.1, 0.15) is 11.1 Å². The first-order chi connectivity index (χ1) is 9.41. The van der Waals surface area contributed by atoms with Crippen LogP contribution >= 0.6 is 0 Å². The van der Waals surface area contributed by atoms with E-state index in [0.29, 0.717) is 6.07 Å². The number of halogens is 3. The summed E-state index contributed by atoms with van der Waals surface area (Å²) in [6, 6.07) is 4.59. The predicted octanol–water partition coefficient (Wildman–Crippen LogP) is 2.74. The fourth-order valence-corrected chi connectivity index (χ4v) is 1.43. The van der Waals surface area contributed by atoms with Crippen LogP contribution in [0.15, 0.2) is 30.7 Å². The van der Waals surface area contributed by atoms with E-state index in [9.17, 15) is 13.2 Å². The van der Waals surface area contributed by atoms with Crippen molar-refractivity contribution in [2.45, 2.75) is 6.18 Å². The molecule has 0 aliphatic rings. The summed E-state index contributed by atoms with van der Waals surface area (Å²) in [6.07, 6.45) is -2.36. The highest BCUT2D eigenvalue weighted by Crippen LogP contribution is 2.38. The van der Waals surface area contributed by atoms with E-state index >= 15 is 0 Å².